The van der Waals surface area contributed by atoms with Crippen molar-refractivity contribution >= 4 is 62.5 Å². The van der Waals surface area contributed by atoms with E-state index in [1.165, 1.54) is 28.8 Å². The number of rotatable bonds is 14. The summed E-state index contributed by atoms with van der Waals surface area (Å²) in [5, 5.41) is 3.47. The standard InChI is InChI=1S/C30H35Cl2N3O5S2/c1-5-17-33-30(37)21(3)34(19-22-11-16-25(31)26(32)18-22)29(36)20-35(27-9-7-8-10-28(27)40-6-2)42(38,39)24-14-12-23(41-4)13-15-24/h7-16,18,21H,5-6,17,19-20H2,1-4H3,(H,33,37)/t21-/m0/s1. The average Bonchev–Trinajstić information content (AvgIpc) is 2.99. The lowest BCUT2D eigenvalue weighted by Crippen LogP contribution is -2.51. The number of carbonyl (C=O) groups excluding carboxylic acids is 2. The third-order valence-electron chi connectivity index (χ3n) is 6.41. The van der Waals surface area contributed by atoms with Crippen LogP contribution < -0.4 is 14.4 Å². The van der Waals surface area contributed by atoms with Gasteiger partial charge in [0.05, 0.1) is 27.2 Å². The van der Waals surface area contributed by atoms with E-state index in [0.29, 0.717) is 34.5 Å². The van der Waals surface area contributed by atoms with Crippen LogP contribution in [0.5, 0.6) is 5.75 Å². The number of anilines is 1. The fourth-order valence-electron chi connectivity index (χ4n) is 4.14. The van der Waals surface area contributed by atoms with Gasteiger partial charge in [-0.2, -0.15) is 0 Å². The molecule has 42 heavy (non-hydrogen) atoms. The lowest BCUT2D eigenvalue weighted by molar-refractivity contribution is -0.139. The van der Waals surface area contributed by atoms with Gasteiger partial charge in [-0.1, -0.05) is 48.3 Å². The normalized spacial score (nSPS) is 12.0. The van der Waals surface area contributed by atoms with Gasteiger partial charge >= 0.3 is 0 Å². The number of halogens is 2. The molecule has 226 valence electrons. The van der Waals surface area contributed by atoms with Gasteiger partial charge in [0.15, 0.2) is 0 Å². The minimum absolute atomic E-state index is 0.000150. The number of hydrogen-bond donors (Lipinski definition) is 1. The summed E-state index contributed by atoms with van der Waals surface area (Å²) < 4.78 is 35.0. The first-order chi connectivity index (χ1) is 20.0. The van der Waals surface area contributed by atoms with Crippen molar-refractivity contribution < 1.29 is 22.7 Å². The van der Waals surface area contributed by atoms with E-state index in [4.69, 9.17) is 27.9 Å². The summed E-state index contributed by atoms with van der Waals surface area (Å²) in [6.07, 6.45) is 2.61. The molecule has 0 aliphatic rings. The minimum Gasteiger partial charge on any atom is -0.492 e. The molecule has 3 aromatic rings. The molecule has 0 fully saturated rings. The van der Waals surface area contributed by atoms with Gasteiger partial charge in [0, 0.05) is 18.0 Å². The van der Waals surface area contributed by atoms with Gasteiger partial charge in [-0.25, -0.2) is 8.42 Å². The second-order valence-electron chi connectivity index (χ2n) is 9.33. The van der Waals surface area contributed by atoms with Crippen LogP contribution in [0.4, 0.5) is 5.69 Å². The first-order valence-electron chi connectivity index (χ1n) is 13.4. The minimum atomic E-state index is -4.24. The number of nitrogens with one attached hydrogen (secondary N) is 1. The number of para-hydroxylation sites is 2. The molecule has 12 heteroatoms. The molecular weight excluding hydrogens is 617 g/mol. The highest BCUT2D eigenvalue weighted by Crippen LogP contribution is 2.33. The molecule has 0 aliphatic heterocycles. The van der Waals surface area contributed by atoms with Gasteiger partial charge in [0.1, 0.15) is 18.3 Å². The van der Waals surface area contributed by atoms with Crippen LogP contribution in [0.3, 0.4) is 0 Å². The maximum Gasteiger partial charge on any atom is 0.264 e. The van der Waals surface area contributed by atoms with Crippen molar-refractivity contribution in [2.45, 2.75) is 49.6 Å². The number of carbonyl (C=O) groups is 2. The maximum absolute atomic E-state index is 14.1. The molecule has 1 atom stereocenters. The summed E-state index contributed by atoms with van der Waals surface area (Å²) in [6, 6.07) is 17.1. The van der Waals surface area contributed by atoms with Crippen molar-refractivity contribution in [3.05, 3.63) is 82.3 Å². The molecule has 2 amide bonds. The Kier molecular flexibility index (Phi) is 12.4. The molecule has 0 aliphatic carbocycles. The summed E-state index contributed by atoms with van der Waals surface area (Å²) >= 11 is 13.8. The Morgan fingerprint density at radius 2 is 1.69 bits per heavy atom. The first kappa shape index (κ1) is 33.6. The van der Waals surface area contributed by atoms with Gasteiger partial charge in [-0.05, 0) is 80.6 Å². The van der Waals surface area contributed by atoms with E-state index in [0.717, 1.165) is 15.6 Å². The zero-order valence-corrected chi connectivity index (χ0v) is 27.1. The Labute approximate surface area is 262 Å². The highest BCUT2D eigenvalue weighted by Gasteiger charge is 2.33. The molecule has 3 aromatic carbocycles. The largest absolute Gasteiger partial charge is 0.492 e. The Morgan fingerprint density at radius 1 is 1.00 bits per heavy atom. The van der Waals surface area contributed by atoms with E-state index in [1.807, 2.05) is 13.2 Å². The number of ether oxygens (including phenoxy) is 1. The van der Waals surface area contributed by atoms with Gasteiger partial charge in [-0.15, -0.1) is 11.8 Å². The molecule has 0 radical (unpaired) electrons. The smallest absolute Gasteiger partial charge is 0.264 e. The van der Waals surface area contributed by atoms with Crippen molar-refractivity contribution in [3.63, 3.8) is 0 Å². The van der Waals surface area contributed by atoms with Crippen LogP contribution in [0.1, 0.15) is 32.8 Å². The van der Waals surface area contributed by atoms with Crippen LogP contribution >= 0.6 is 35.0 Å². The summed E-state index contributed by atoms with van der Waals surface area (Å²) in [6.45, 7) is 5.47. The lowest BCUT2D eigenvalue weighted by atomic mass is 10.1. The molecule has 0 saturated heterocycles. The Morgan fingerprint density at radius 3 is 2.31 bits per heavy atom. The molecule has 0 unspecified atom stereocenters. The summed E-state index contributed by atoms with van der Waals surface area (Å²) in [5.74, 6) is -0.639. The average molecular weight is 653 g/mol. The monoisotopic (exact) mass is 651 g/mol. The summed E-state index contributed by atoms with van der Waals surface area (Å²) in [4.78, 5) is 29.4. The first-order valence-corrected chi connectivity index (χ1v) is 16.8. The van der Waals surface area contributed by atoms with Crippen molar-refractivity contribution in [2.75, 3.05) is 30.3 Å². The van der Waals surface area contributed by atoms with Crippen LogP contribution in [0, 0.1) is 0 Å². The number of sulfonamides is 1. The third kappa shape index (κ3) is 8.34. The summed E-state index contributed by atoms with van der Waals surface area (Å²) in [5.41, 5.74) is 0.837. The molecule has 0 spiro atoms. The van der Waals surface area contributed by atoms with Gasteiger partial charge < -0.3 is 15.0 Å². The van der Waals surface area contributed by atoms with Gasteiger partial charge in [0.2, 0.25) is 11.8 Å². The SMILES string of the molecule is CCCNC(=O)[C@H](C)N(Cc1ccc(Cl)c(Cl)c1)C(=O)CN(c1ccccc1OCC)S(=O)(=O)c1ccc(SC)cc1. The predicted molar refractivity (Wildman–Crippen MR) is 170 cm³/mol. The predicted octanol–water partition coefficient (Wildman–Crippen LogP) is 6.25. The number of hydrogen-bond acceptors (Lipinski definition) is 6. The quantitative estimate of drug-likeness (QED) is 0.207. The number of nitrogens with zero attached hydrogens (tertiary/aromatic N) is 2. The Bertz CT molecular complexity index is 1490. The second-order valence-corrected chi connectivity index (χ2v) is 12.9. The molecule has 1 N–H and O–H groups in total. The van der Waals surface area contributed by atoms with Crippen molar-refractivity contribution in [3.8, 4) is 5.75 Å². The molecule has 8 nitrogen and oxygen atoms in total. The molecular formula is C30H35Cl2N3O5S2. The van der Waals surface area contributed by atoms with E-state index in [9.17, 15) is 18.0 Å². The highest BCUT2D eigenvalue weighted by atomic mass is 35.5. The number of amides is 2. The molecule has 3 rings (SSSR count). The number of thioether (sulfide) groups is 1. The summed E-state index contributed by atoms with van der Waals surface area (Å²) in [7, 11) is -4.24. The number of benzene rings is 3. The van der Waals surface area contributed by atoms with Gasteiger partial charge in [-0.3, -0.25) is 13.9 Å². The fourth-order valence-corrected chi connectivity index (χ4v) is 6.30. The van der Waals surface area contributed by atoms with Crippen LogP contribution in [0.15, 0.2) is 76.5 Å². The van der Waals surface area contributed by atoms with Crippen LogP contribution in [0.25, 0.3) is 0 Å². The lowest BCUT2D eigenvalue weighted by Gasteiger charge is -2.32. The van der Waals surface area contributed by atoms with E-state index in [2.05, 4.69) is 5.32 Å². The zero-order valence-electron chi connectivity index (χ0n) is 24.0. The Balaban J connectivity index is 2.08. The topological polar surface area (TPSA) is 96.0 Å². The fraction of sp³-hybridized carbons (Fsp3) is 0.333. The van der Waals surface area contributed by atoms with E-state index in [1.54, 1.807) is 68.4 Å². The van der Waals surface area contributed by atoms with Crippen LogP contribution in [-0.2, 0) is 26.2 Å². The van der Waals surface area contributed by atoms with Crippen LogP contribution in [0.2, 0.25) is 10.0 Å². The molecule has 0 bridgehead atoms. The molecule has 0 saturated carbocycles. The van der Waals surface area contributed by atoms with Crippen molar-refractivity contribution in [1.29, 1.82) is 0 Å². The van der Waals surface area contributed by atoms with Crippen molar-refractivity contribution in [2.24, 2.45) is 0 Å². The molecule has 0 heterocycles. The highest BCUT2D eigenvalue weighted by molar-refractivity contribution is 7.98. The molecule has 0 aromatic heterocycles. The van der Waals surface area contributed by atoms with E-state index >= 15 is 0 Å². The second kappa shape index (κ2) is 15.5. The maximum atomic E-state index is 14.1. The van der Waals surface area contributed by atoms with E-state index < -0.39 is 28.5 Å². The van der Waals surface area contributed by atoms with Crippen molar-refractivity contribution in [1.82, 2.24) is 10.2 Å². The third-order valence-corrected chi connectivity index (χ3v) is 9.67. The van der Waals surface area contributed by atoms with Crippen LogP contribution in [-0.4, -0.2) is 57.1 Å². The zero-order chi connectivity index (χ0) is 30.9. The van der Waals surface area contributed by atoms with Gasteiger partial charge in [0.25, 0.3) is 10.0 Å². The van der Waals surface area contributed by atoms with E-state index in [-0.39, 0.29) is 23.0 Å². The Hall–Kier alpha value is -2.92.